The van der Waals surface area contributed by atoms with Gasteiger partial charge in [-0.15, -0.1) is 0 Å². The highest BCUT2D eigenvalue weighted by molar-refractivity contribution is 7.90. The molecule has 30 heavy (non-hydrogen) atoms. The van der Waals surface area contributed by atoms with E-state index in [1.165, 1.54) is 0 Å². The van der Waals surface area contributed by atoms with Gasteiger partial charge in [-0.1, -0.05) is 55.0 Å². The number of allylic oxidation sites excluding steroid dienone is 1. The van der Waals surface area contributed by atoms with Crippen molar-refractivity contribution in [3.8, 4) is 11.1 Å². The van der Waals surface area contributed by atoms with E-state index in [0.29, 0.717) is 18.7 Å². The molecule has 7 heteroatoms. The lowest BCUT2D eigenvalue weighted by atomic mass is 10.1. The fourth-order valence-corrected chi connectivity index (χ4v) is 5.08. The van der Waals surface area contributed by atoms with Gasteiger partial charge in [0.25, 0.3) is 15.9 Å². The van der Waals surface area contributed by atoms with Crippen LogP contribution in [-0.4, -0.2) is 26.4 Å². The van der Waals surface area contributed by atoms with Crippen LogP contribution in [0.2, 0.25) is 0 Å². The second kappa shape index (κ2) is 8.24. The lowest BCUT2D eigenvalue weighted by molar-refractivity contribution is -0.121. The number of carbonyl (C=O) groups excluding carboxylic acids is 1. The zero-order valence-electron chi connectivity index (χ0n) is 16.8. The highest BCUT2D eigenvalue weighted by atomic mass is 32.2. The van der Waals surface area contributed by atoms with E-state index in [-0.39, 0.29) is 10.8 Å². The number of anilines is 1. The summed E-state index contributed by atoms with van der Waals surface area (Å²) in [7, 11) is -4.09. The van der Waals surface area contributed by atoms with Crippen LogP contribution in [0.3, 0.4) is 0 Å². The number of nitrogens with one attached hydrogen (secondary N) is 2. The normalized spacial score (nSPS) is 27.2. The molecule has 4 rings (SSSR count). The van der Waals surface area contributed by atoms with Crippen LogP contribution < -0.4 is 15.8 Å². The minimum atomic E-state index is -4.09. The van der Waals surface area contributed by atoms with Crippen LogP contribution in [-0.2, 0) is 14.8 Å². The van der Waals surface area contributed by atoms with Gasteiger partial charge in [0.2, 0.25) is 0 Å². The number of nitrogens with two attached hydrogens (primary N) is 1. The minimum Gasteiger partial charge on any atom is -0.384 e. The number of hydrogen-bond donors (Lipinski definition) is 3. The maximum Gasteiger partial charge on any atom is 0.266 e. The van der Waals surface area contributed by atoms with Gasteiger partial charge in [-0.3, -0.25) is 4.79 Å². The molecule has 6 nitrogen and oxygen atoms in total. The Morgan fingerprint density at radius 3 is 2.60 bits per heavy atom. The summed E-state index contributed by atoms with van der Waals surface area (Å²) in [4.78, 5) is 12.8. The summed E-state index contributed by atoms with van der Waals surface area (Å²) in [5.74, 6) is -0.769. The molecule has 0 saturated heterocycles. The number of fused-ring (bicyclic) bond motifs is 2. The Hall–Kier alpha value is -2.64. The Morgan fingerprint density at radius 1 is 1.00 bits per heavy atom. The van der Waals surface area contributed by atoms with Gasteiger partial charge in [0.15, 0.2) is 0 Å². The molecule has 1 aliphatic carbocycles. The Labute approximate surface area is 177 Å². The topological polar surface area (TPSA) is 101 Å². The van der Waals surface area contributed by atoms with Crippen LogP contribution in [0.5, 0.6) is 0 Å². The van der Waals surface area contributed by atoms with Gasteiger partial charge in [0.05, 0.1) is 5.69 Å². The lowest BCUT2D eigenvalue weighted by Crippen LogP contribution is -2.46. The van der Waals surface area contributed by atoms with E-state index in [1.807, 2.05) is 42.5 Å². The predicted molar refractivity (Wildman–Crippen MR) is 118 cm³/mol. The summed E-state index contributed by atoms with van der Waals surface area (Å²) < 4.78 is 28.6. The number of carbonyl (C=O) groups is 1. The SMILES string of the molecule is N[C@]12C[C@H]1/C=C\CCCCCNc1ccc(-c3ccccc3)cc1S(=O)(=O)NC2=O. The van der Waals surface area contributed by atoms with E-state index < -0.39 is 21.5 Å². The summed E-state index contributed by atoms with van der Waals surface area (Å²) in [6, 6.07) is 14.8. The molecule has 1 fully saturated rings. The first-order chi connectivity index (χ1) is 14.4. The smallest absolute Gasteiger partial charge is 0.266 e. The summed E-state index contributed by atoms with van der Waals surface area (Å²) in [5, 5.41) is 3.23. The van der Waals surface area contributed by atoms with E-state index >= 15 is 0 Å². The van der Waals surface area contributed by atoms with Gasteiger partial charge in [0.1, 0.15) is 10.4 Å². The zero-order valence-corrected chi connectivity index (χ0v) is 17.6. The highest BCUT2D eigenvalue weighted by Crippen LogP contribution is 2.43. The second-order valence-electron chi connectivity index (χ2n) is 8.07. The maximum atomic E-state index is 13.2. The Bertz CT molecular complexity index is 1070. The first-order valence-corrected chi connectivity index (χ1v) is 11.8. The van der Waals surface area contributed by atoms with Crippen molar-refractivity contribution in [1.82, 2.24) is 4.72 Å². The van der Waals surface area contributed by atoms with Crippen molar-refractivity contribution in [2.45, 2.75) is 42.5 Å². The molecule has 4 N–H and O–H groups in total. The molecule has 0 radical (unpaired) electrons. The summed E-state index contributed by atoms with van der Waals surface area (Å²) >= 11 is 0. The summed E-state index contributed by atoms with van der Waals surface area (Å²) in [5.41, 5.74) is 7.19. The van der Waals surface area contributed by atoms with Crippen LogP contribution in [0, 0.1) is 5.92 Å². The van der Waals surface area contributed by atoms with Gasteiger partial charge >= 0.3 is 0 Å². The third kappa shape index (κ3) is 4.27. The molecule has 2 aromatic rings. The first-order valence-electron chi connectivity index (χ1n) is 10.4. The van der Waals surface area contributed by atoms with Crippen LogP contribution in [0.15, 0.2) is 65.6 Å². The first kappa shape index (κ1) is 20.6. The van der Waals surface area contributed by atoms with Crippen molar-refractivity contribution < 1.29 is 13.2 Å². The largest absolute Gasteiger partial charge is 0.384 e. The fourth-order valence-electron chi connectivity index (χ4n) is 3.83. The van der Waals surface area contributed by atoms with Crippen molar-refractivity contribution in [2.75, 3.05) is 11.9 Å². The van der Waals surface area contributed by atoms with Crippen molar-refractivity contribution in [3.63, 3.8) is 0 Å². The Kier molecular flexibility index (Phi) is 5.66. The van der Waals surface area contributed by atoms with Gasteiger partial charge in [0, 0.05) is 12.5 Å². The third-order valence-electron chi connectivity index (χ3n) is 5.82. The molecule has 1 heterocycles. The molecule has 2 aromatic carbocycles. The third-order valence-corrected chi connectivity index (χ3v) is 7.19. The lowest BCUT2D eigenvalue weighted by Gasteiger charge is -2.17. The number of amides is 1. The highest BCUT2D eigenvalue weighted by Gasteiger charge is 2.56. The molecular formula is C23H27N3O3S. The van der Waals surface area contributed by atoms with Crippen LogP contribution in [0.1, 0.15) is 32.1 Å². The molecule has 2 aliphatic rings. The second-order valence-corrected chi connectivity index (χ2v) is 9.72. The van der Waals surface area contributed by atoms with Crippen molar-refractivity contribution in [3.05, 3.63) is 60.7 Å². The van der Waals surface area contributed by atoms with E-state index in [4.69, 9.17) is 5.73 Å². The molecule has 0 spiro atoms. The van der Waals surface area contributed by atoms with E-state index in [1.54, 1.807) is 12.1 Å². The Balaban J connectivity index is 1.71. The van der Waals surface area contributed by atoms with Crippen molar-refractivity contribution in [2.24, 2.45) is 11.7 Å². The number of hydrogen-bond acceptors (Lipinski definition) is 5. The molecular weight excluding hydrogens is 398 g/mol. The number of rotatable bonds is 1. The van der Waals surface area contributed by atoms with Crippen molar-refractivity contribution >= 4 is 21.6 Å². The Morgan fingerprint density at radius 2 is 1.80 bits per heavy atom. The number of sulfonamides is 1. The van der Waals surface area contributed by atoms with E-state index in [9.17, 15) is 13.2 Å². The van der Waals surface area contributed by atoms with Crippen LogP contribution in [0.25, 0.3) is 11.1 Å². The molecule has 1 aliphatic heterocycles. The van der Waals surface area contributed by atoms with Gasteiger partial charge in [-0.05, 0) is 48.9 Å². The maximum absolute atomic E-state index is 13.2. The zero-order chi connectivity index (χ0) is 21.2. The average Bonchev–Trinajstić information content (AvgIpc) is 3.41. The van der Waals surface area contributed by atoms with Gasteiger partial charge in [-0.2, -0.15) is 0 Å². The predicted octanol–water partition coefficient (Wildman–Crippen LogP) is 3.42. The number of benzene rings is 2. The molecule has 2 atom stereocenters. The van der Waals surface area contributed by atoms with Gasteiger partial charge < -0.3 is 11.1 Å². The monoisotopic (exact) mass is 425 g/mol. The molecule has 0 unspecified atom stereocenters. The minimum absolute atomic E-state index is 0.0587. The van der Waals surface area contributed by atoms with Crippen LogP contribution >= 0.6 is 0 Å². The fraction of sp³-hybridized carbons (Fsp3) is 0.348. The molecule has 1 saturated carbocycles. The molecule has 1 amide bonds. The van der Waals surface area contributed by atoms with E-state index in [2.05, 4.69) is 16.1 Å². The van der Waals surface area contributed by atoms with E-state index in [0.717, 1.165) is 36.8 Å². The van der Waals surface area contributed by atoms with Crippen molar-refractivity contribution in [1.29, 1.82) is 0 Å². The molecule has 0 aromatic heterocycles. The standard InChI is InChI=1S/C23H27N3O3S/c24-23-16-19(23)11-7-2-1-3-8-14-25-20-13-12-18(17-9-5-4-6-10-17)15-21(20)30(28,29)26-22(23)27/h4-7,9-13,15,19,25H,1-3,8,14,16,24H2,(H,26,27)/b11-7-/t19-,23-/m1/s1. The summed E-state index contributed by atoms with van der Waals surface area (Å²) in [6.45, 7) is 0.661. The molecule has 158 valence electrons. The van der Waals surface area contributed by atoms with Crippen LogP contribution in [0.4, 0.5) is 5.69 Å². The summed E-state index contributed by atoms with van der Waals surface area (Å²) in [6.07, 6.45) is 8.42. The average molecular weight is 426 g/mol. The quantitative estimate of drug-likeness (QED) is 0.608. The molecule has 0 bridgehead atoms. The van der Waals surface area contributed by atoms with Gasteiger partial charge in [-0.25, -0.2) is 13.1 Å².